The fourth-order valence-corrected chi connectivity index (χ4v) is 4.93. The lowest BCUT2D eigenvalue weighted by molar-refractivity contribution is 0.381. The zero-order chi connectivity index (χ0) is 15.3. The Hall–Kier alpha value is -2.07. The molecular weight excluding hydrogens is 294 g/mol. The van der Waals surface area contributed by atoms with Gasteiger partial charge in [-0.15, -0.1) is 0 Å². The number of hydrogen-bond donors (Lipinski definition) is 0. The highest BCUT2D eigenvalue weighted by Gasteiger charge is 2.40. The Balaban J connectivity index is 1.79. The smallest absolute Gasteiger partial charge is 0.264 e. The molecule has 3 nitrogen and oxygen atoms in total. The van der Waals surface area contributed by atoms with E-state index >= 15 is 0 Å². The van der Waals surface area contributed by atoms with Crippen molar-refractivity contribution in [3.8, 4) is 0 Å². The van der Waals surface area contributed by atoms with Crippen LogP contribution in [0.15, 0.2) is 65.7 Å². The van der Waals surface area contributed by atoms with E-state index in [1.54, 1.807) is 18.3 Å². The maximum Gasteiger partial charge on any atom is 0.264 e. The Bertz CT molecular complexity index is 853. The fraction of sp³-hybridized carbons (Fsp3) is 0.222. The van der Waals surface area contributed by atoms with Gasteiger partial charge in [-0.3, -0.25) is 4.31 Å². The van der Waals surface area contributed by atoms with Gasteiger partial charge < -0.3 is 0 Å². The van der Waals surface area contributed by atoms with Crippen LogP contribution >= 0.6 is 0 Å². The zero-order valence-corrected chi connectivity index (χ0v) is 13.1. The average molecular weight is 311 g/mol. The molecule has 0 fully saturated rings. The van der Waals surface area contributed by atoms with Crippen molar-refractivity contribution in [2.45, 2.75) is 30.2 Å². The van der Waals surface area contributed by atoms with Crippen LogP contribution in [-0.4, -0.2) is 12.7 Å². The van der Waals surface area contributed by atoms with Crippen molar-refractivity contribution in [2.75, 3.05) is 0 Å². The highest BCUT2D eigenvalue weighted by atomic mass is 32.2. The molecule has 0 aromatic heterocycles. The highest BCUT2D eigenvalue weighted by molar-refractivity contribution is 7.89. The molecule has 4 rings (SSSR count). The van der Waals surface area contributed by atoms with E-state index in [0.29, 0.717) is 10.8 Å². The minimum Gasteiger partial charge on any atom is -0.266 e. The van der Waals surface area contributed by atoms with Gasteiger partial charge in [0.25, 0.3) is 10.0 Å². The number of nitrogens with zero attached hydrogens (tertiary/aromatic N) is 1. The lowest BCUT2D eigenvalue weighted by Crippen LogP contribution is -2.30. The van der Waals surface area contributed by atoms with E-state index in [1.807, 2.05) is 43.3 Å². The van der Waals surface area contributed by atoms with Crippen LogP contribution in [0.3, 0.4) is 0 Å². The predicted molar refractivity (Wildman–Crippen MR) is 85.9 cm³/mol. The largest absolute Gasteiger partial charge is 0.266 e. The molecule has 2 aromatic rings. The van der Waals surface area contributed by atoms with E-state index in [0.717, 1.165) is 17.5 Å². The van der Waals surface area contributed by atoms with Gasteiger partial charge >= 0.3 is 0 Å². The van der Waals surface area contributed by atoms with Crippen LogP contribution in [0.25, 0.3) is 0 Å². The molecule has 0 saturated carbocycles. The average Bonchev–Trinajstić information content (AvgIpc) is 2.81. The topological polar surface area (TPSA) is 37.4 Å². The van der Waals surface area contributed by atoms with E-state index in [2.05, 4.69) is 6.07 Å². The van der Waals surface area contributed by atoms with Gasteiger partial charge in [0.2, 0.25) is 0 Å². The SMILES string of the molecule is Cc1ccc(S(=O)(=O)N2C=C[C@@H]3C[C@H]2c2ccccc23)cc1. The van der Waals surface area contributed by atoms with Crippen LogP contribution in [0.1, 0.15) is 35.1 Å². The first-order chi connectivity index (χ1) is 10.6. The van der Waals surface area contributed by atoms with E-state index < -0.39 is 10.0 Å². The summed E-state index contributed by atoms with van der Waals surface area (Å²) in [6.45, 7) is 1.95. The minimum atomic E-state index is -3.51. The normalized spacial score (nSPS) is 22.7. The molecule has 2 aromatic carbocycles. The molecule has 2 atom stereocenters. The molecule has 4 heteroatoms. The number of sulfonamides is 1. The van der Waals surface area contributed by atoms with Crippen LogP contribution in [0.2, 0.25) is 0 Å². The zero-order valence-electron chi connectivity index (χ0n) is 12.3. The third-order valence-electron chi connectivity index (χ3n) is 4.60. The van der Waals surface area contributed by atoms with Crippen LogP contribution < -0.4 is 0 Å². The third-order valence-corrected chi connectivity index (χ3v) is 6.40. The third kappa shape index (κ3) is 1.91. The van der Waals surface area contributed by atoms with Crippen LogP contribution in [0, 0.1) is 6.92 Å². The summed E-state index contributed by atoms with van der Waals surface area (Å²) in [4.78, 5) is 0.352. The van der Waals surface area contributed by atoms with Gasteiger partial charge in [0.15, 0.2) is 0 Å². The molecule has 112 valence electrons. The van der Waals surface area contributed by atoms with Crippen LogP contribution in [-0.2, 0) is 10.0 Å². The number of fused-ring (bicyclic) bond motifs is 5. The Morgan fingerprint density at radius 2 is 1.68 bits per heavy atom. The summed E-state index contributed by atoms with van der Waals surface area (Å²) < 4.78 is 27.5. The Morgan fingerprint density at radius 3 is 2.41 bits per heavy atom. The number of aryl methyl sites for hydroxylation is 1. The predicted octanol–water partition coefficient (Wildman–Crippen LogP) is 3.74. The molecular formula is C18H17NO2S. The van der Waals surface area contributed by atoms with Crippen molar-refractivity contribution in [2.24, 2.45) is 0 Å². The first-order valence-corrected chi connectivity index (χ1v) is 8.89. The monoisotopic (exact) mass is 311 g/mol. The van der Waals surface area contributed by atoms with Gasteiger partial charge in [0, 0.05) is 12.1 Å². The molecule has 0 unspecified atom stereocenters. The van der Waals surface area contributed by atoms with Gasteiger partial charge in [0.05, 0.1) is 10.9 Å². The van der Waals surface area contributed by atoms with Crippen molar-refractivity contribution >= 4 is 10.0 Å². The van der Waals surface area contributed by atoms with Gasteiger partial charge in [-0.25, -0.2) is 8.42 Å². The van der Waals surface area contributed by atoms with Crippen LogP contribution in [0.5, 0.6) is 0 Å². The van der Waals surface area contributed by atoms with Crippen molar-refractivity contribution < 1.29 is 8.42 Å². The molecule has 0 N–H and O–H groups in total. The summed E-state index contributed by atoms with van der Waals surface area (Å²) in [5.41, 5.74) is 3.44. The van der Waals surface area contributed by atoms with Gasteiger partial charge in [-0.1, -0.05) is 48.0 Å². The van der Waals surface area contributed by atoms with Crippen LogP contribution in [0.4, 0.5) is 0 Å². The number of rotatable bonds is 2. The van der Waals surface area contributed by atoms with Crippen molar-refractivity contribution in [3.63, 3.8) is 0 Å². The molecule has 1 aliphatic carbocycles. The first-order valence-electron chi connectivity index (χ1n) is 7.45. The fourth-order valence-electron chi connectivity index (χ4n) is 3.44. The molecule has 22 heavy (non-hydrogen) atoms. The van der Waals surface area contributed by atoms with E-state index in [9.17, 15) is 8.42 Å². The maximum absolute atomic E-state index is 13.0. The summed E-state index contributed by atoms with van der Waals surface area (Å²) in [5.74, 6) is 0.339. The van der Waals surface area contributed by atoms with Crippen molar-refractivity contribution in [3.05, 3.63) is 77.5 Å². The van der Waals surface area contributed by atoms with Gasteiger partial charge in [-0.05, 0) is 36.6 Å². The van der Waals surface area contributed by atoms with E-state index in [-0.39, 0.29) is 6.04 Å². The van der Waals surface area contributed by atoms with E-state index in [4.69, 9.17) is 0 Å². The summed E-state index contributed by atoms with van der Waals surface area (Å²) in [7, 11) is -3.51. The van der Waals surface area contributed by atoms with Crippen molar-refractivity contribution in [1.82, 2.24) is 4.31 Å². The number of hydrogen-bond acceptors (Lipinski definition) is 2. The standard InChI is InChI=1S/C18H17NO2S/c1-13-6-8-15(9-7-13)22(20,21)19-11-10-14-12-18(19)17-5-3-2-4-16(14)17/h2-11,14,18H,12H2,1H3/t14-,18+/m1/s1. The Morgan fingerprint density at radius 1 is 1.00 bits per heavy atom. The number of benzene rings is 2. The first kappa shape index (κ1) is 13.6. The molecule has 1 heterocycles. The Labute approximate surface area is 130 Å². The molecule has 1 aliphatic heterocycles. The van der Waals surface area contributed by atoms with Gasteiger partial charge in [0.1, 0.15) is 0 Å². The molecule has 2 bridgehead atoms. The molecule has 0 amide bonds. The summed E-state index contributed by atoms with van der Waals surface area (Å²) in [6, 6.07) is 15.1. The summed E-state index contributed by atoms with van der Waals surface area (Å²) in [5, 5.41) is 0. The molecule has 0 saturated heterocycles. The maximum atomic E-state index is 13.0. The second-order valence-corrected chi connectivity index (χ2v) is 7.82. The molecule has 0 radical (unpaired) electrons. The molecule has 0 spiro atoms. The van der Waals surface area contributed by atoms with E-state index in [1.165, 1.54) is 9.87 Å². The second-order valence-electron chi connectivity index (χ2n) is 5.98. The highest BCUT2D eigenvalue weighted by Crippen LogP contribution is 2.48. The summed E-state index contributed by atoms with van der Waals surface area (Å²) in [6.07, 6.45) is 4.59. The lowest BCUT2D eigenvalue weighted by Gasteiger charge is -2.30. The quantitative estimate of drug-likeness (QED) is 0.847. The molecule has 2 aliphatic rings. The Kier molecular flexibility index (Phi) is 2.91. The lowest BCUT2D eigenvalue weighted by atomic mass is 10.0. The summed E-state index contributed by atoms with van der Waals surface area (Å²) >= 11 is 0. The van der Waals surface area contributed by atoms with Gasteiger partial charge in [-0.2, -0.15) is 0 Å². The minimum absolute atomic E-state index is 0.0856. The second kappa shape index (κ2) is 4.71. The number of allylic oxidation sites excluding steroid dienone is 1. The van der Waals surface area contributed by atoms with Crippen molar-refractivity contribution in [1.29, 1.82) is 0 Å².